The van der Waals surface area contributed by atoms with Crippen LogP contribution in [0.4, 0.5) is 0 Å². The van der Waals surface area contributed by atoms with Crippen LogP contribution in [0, 0.1) is 6.92 Å². The molecule has 0 aromatic carbocycles. The van der Waals surface area contributed by atoms with Crippen LogP contribution in [0.2, 0.25) is 0 Å². The number of aryl methyl sites for hydroxylation is 1. The van der Waals surface area contributed by atoms with Crippen molar-refractivity contribution in [3.05, 3.63) is 41.8 Å². The summed E-state index contributed by atoms with van der Waals surface area (Å²) in [6.45, 7) is 2.47. The summed E-state index contributed by atoms with van der Waals surface area (Å²) in [6.07, 6.45) is 3.47. The zero-order valence-corrected chi connectivity index (χ0v) is 10.6. The first-order valence-corrected chi connectivity index (χ1v) is 6.08. The standard InChI is InChI=1S/C12H11ClN4O/c1-8-4-9(18-16-8)7-17-11-2-3-14-6-10(11)15-12(17)5-13/h2-4,6H,5,7H2,1H3. The molecule has 0 amide bonds. The molecule has 3 heterocycles. The molecule has 0 atom stereocenters. The molecule has 0 aliphatic carbocycles. The van der Waals surface area contributed by atoms with Crippen molar-refractivity contribution < 1.29 is 4.52 Å². The number of alkyl halides is 1. The average Bonchev–Trinajstić information content (AvgIpc) is 2.94. The fourth-order valence-corrected chi connectivity index (χ4v) is 2.16. The highest BCUT2D eigenvalue weighted by molar-refractivity contribution is 6.16. The van der Waals surface area contributed by atoms with Crippen molar-refractivity contribution in [2.45, 2.75) is 19.3 Å². The fourth-order valence-electron chi connectivity index (χ4n) is 1.96. The van der Waals surface area contributed by atoms with Crippen molar-refractivity contribution in [1.29, 1.82) is 0 Å². The summed E-state index contributed by atoms with van der Waals surface area (Å²) in [6, 6.07) is 3.83. The maximum Gasteiger partial charge on any atom is 0.156 e. The molecule has 3 aromatic heterocycles. The first-order chi connectivity index (χ1) is 8.78. The lowest BCUT2D eigenvalue weighted by Crippen LogP contribution is -2.02. The van der Waals surface area contributed by atoms with Crippen LogP contribution in [-0.2, 0) is 12.4 Å². The van der Waals surface area contributed by atoms with Crippen LogP contribution in [0.15, 0.2) is 29.0 Å². The summed E-state index contributed by atoms with van der Waals surface area (Å²) in [5.74, 6) is 1.94. The summed E-state index contributed by atoms with van der Waals surface area (Å²) in [5.41, 5.74) is 2.70. The lowest BCUT2D eigenvalue weighted by molar-refractivity contribution is 0.373. The first-order valence-electron chi connectivity index (χ1n) is 5.55. The molecule has 0 N–H and O–H groups in total. The second-order valence-corrected chi connectivity index (χ2v) is 4.31. The minimum atomic E-state index is 0.349. The van der Waals surface area contributed by atoms with Crippen LogP contribution in [0.1, 0.15) is 17.3 Å². The van der Waals surface area contributed by atoms with E-state index in [1.807, 2.05) is 23.6 Å². The number of nitrogens with zero attached hydrogens (tertiary/aromatic N) is 4. The number of hydrogen-bond acceptors (Lipinski definition) is 4. The van der Waals surface area contributed by atoms with Crippen LogP contribution in [-0.4, -0.2) is 19.7 Å². The van der Waals surface area contributed by atoms with Gasteiger partial charge in [-0.25, -0.2) is 4.98 Å². The minimum Gasteiger partial charge on any atom is -0.359 e. The van der Waals surface area contributed by atoms with E-state index in [1.165, 1.54) is 0 Å². The number of rotatable bonds is 3. The second kappa shape index (κ2) is 4.42. The molecule has 6 heteroatoms. The third-order valence-electron chi connectivity index (χ3n) is 2.74. The lowest BCUT2D eigenvalue weighted by Gasteiger charge is -2.04. The van der Waals surface area contributed by atoms with Gasteiger partial charge in [0.2, 0.25) is 0 Å². The van der Waals surface area contributed by atoms with Gasteiger partial charge < -0.3 is 9.09 Å². The maximum absolute atomic E-state index is 5.93. The quantitative estimate of drug-likeness (QED) is 0.681. The second-order valence-electron chi connectivity index (χ2n) is 4.05. The number of halogens is 1. The molecule has 0 fully saturated rings. The van der Waals surface area contributed by atoms with E-state index in [1.54, 1.807) is 12.4 Å². The number of pyridine rings is 1. The van der Waals surface area contributed by atoms with E-state index >= 15 is 0 Å². The molecule has 5 nitrogen and oxygen atoms in total. The Bertz CT molecular complexity index is 688. The highest BCUT2D eigenvalue weighted by atomic mass is 35.5. The Hall–Kier alpha value is -1.88. The predicted molar refractivity (Wildman–Crippen MR) is 67.4 cm³/mol. The first kappa shape index (κ1) is 11.2. The molecule has 0 radical (unpaired) electrons. The largest absolute Gasteiger partial charge is 0.359 e. The van der Waals surface area contributed by atoms with Gasteiger partial charge in [-0.1, -0.05) is 5.16 Å². The summed E-state index contributed by atoms with van der Waals surface area (Å²) in [7, 11) is 0. The lowest BCUT2D eigenvalue weighted by atomic mass is 10.3. The van der Waals surface area contributed by atoms with Crippen LogP contribution in [0.25, 0.3) is 11.0 Å². The molecule has 0 saturated carbocycles. The topological polar surface area (TPSA) is 56.7 Å². The third-order valence-corrected chi connectivity index (χ3v) is 2.98. The third kappa shape index (κ3) is 1.86. The Morgan fingerprint density at radius 3 is 3.06 bits per heavy atom. The van der Waals surface area contributed by atoms with Crippen molar-refractivity contribution in [2.75, 3.05) is 0 Å². The molecule has 0 aliphatic heterocycles. The molecule has 0 aliphatic rings. The predicted octanol–water partition coefficient (Wildman–Crippen LogP) is 2.51. The van der Waals surface area contributed by atoms with Gasteiger partial charge in [-0.15, -0.1) is 11.6 Å². The van der Waals surface area contributed by atoms with Gasteiger partial charge in [0.05, 0.1) is 29.8 Å². The molecule has 0 unspecified atom stereocenters. The van der Waals surface area contributed by atoms with Gasteiger partial charge in [0.15, 0.2) is 5.76 Å². The minimum absolute atomic E-state index is 0.349. The fraction of sp³-hybridized carbons (Fsp3) is 0.250. The molecule has 0 saturated heterocycles. The Kier molecular flexibility index (Phi) is 2.76. The van der Waals surface area contributed by atoms with E-state index in [0.29, 0.717) is 12.4 Å². The maximum atomic E-state index is 5.93. The van der Waals surface area contributed by atoms with E-state index in [2.05, 4.69) is 15.1 Å². The van der Waals surface area contributed by atoms with Gasteiger partial charge in [-0.05, 0) is 13.0 Å². The Morgan fingerprint density at radius 2 is 2.33 bits per heavy atom. The summed E-state index contributed by atoms with van der Waals surface area (Å²) in [4.78, 5) is 8.50. The van der Waals surface area contributed by atoms with Crippen LogP contribution >= 0.6 is 11.6 Å². The summed E-state index contributed by atoms with van der Waals surface area (Å²) >= 11 is 5.93. The van der Waals surface area contributed by atoms with Crippen molar-refractivity contribution in [3.63, 3.8) is 0 Å². The van der Waals surface area contributed by atoms with E-state index in [-0.39, 0.29) is 0 Å². The van der Waals surface area contributed by atoms with Crippen molar-refractivity contribution >= 4 is 22.6 Å². The SMILES string of the molecule is Cc1cc(Cn2c(CCl)nc3cnccc32)on1. The number of fused-ring (bicyclic) bond motifs is 1. The molecule has 0 bridgehead atoms. The number of imidazole rings is 1. The Morgan fingerprint density at radius 1 is 1.44 bits per heavy atom. The van der Waals surface area contributed by atoms with Crippen molar-refractivity contribution in [2.24, 2.45) is 0 Å². The molecule has 18 heavy (non-hydrogen) atoms. The van der Waals surface area contributed by atoms with Gasteiger partial charge in [0, 0.05) is 12.3 Å². The van der Waals surface area contributed by atoms with E-state index in [4.69, 9.17) is 16.1 Å². The molecular formula is C12H11ClN4O. The summed E-state index contributed by atoms with van der Waals surface area (Å²) < 4.78 is 7.25. The highest BCUT2D eigenvalue weighted by Gasteiger charge is 2.12. The number of hydrogen-bond donors (Lipinski definition) is 0. The van der Waals surface area contributed by atoms with Gasteiger partial charge in [0.1, 0.15) is 11.3 Å². The van der Waals surface area contributed by atoms with Gasteiger partial charge in [0.25, 0.3) is 0 Å². The van der Waals surface area contributed by atoms with Gasteiger partial charge in [-0.2, -0.15) is 0 Å². The molecule has 3 aromatic rings. The summed E-state index contributed by atoms with van der Waals surface area (Å²) in [5, 5.41) is 3.88. The molecule has 92 valence electrons. The molecular weight excluding hydrogens is 252 g/mol. The molecule has 0 spiro atoms. The van der Waals surface area contributed by atoms with Crippen LogP contribution in [0.3, 0.4) is 0 Å². The van der Waals surface area contributed by atoms with Crippen molar-refractivity contribution in [1.82, 2.24) is 19.7 Å². The van der Waals surface area contributed by atoms with Crippen LogP contribution < -0.4 is 0 Å². The Labute approximate surface area is 108 Å². The van der Waals surface area contributed by atoms with E-state index in [9.17, 15) is 0 Å². The average molecular weight is 263 g/mol. The molecule has 3 rings (SSSR count). The zero-order chi connectivity index (χ0) is 12.5. The Balaban J connectivity index is 2.09. The normalized spacial score (nSPS) is 11.2. The van der Waals surface area contributed by atoms with Crippen molar-refractivity contribution in [3.8, 4) is 0 Å². The van der Waals surface area contributed by atoms with Crippen LogP contribution in [0.5, 0.6) is 0 Å². The highest BCUT2D eigenvalue weighted by Crippen LogP contribution is 2.18. The zero-order valence-electron chi connectivity index (χ0n) is 9.80. The van der Waals surface area contributed by atoms with Gasteiger partial charge in [-0.3, -0.25) is 4.98 Å². The van der Waals surface area contributed by atoms with Gasteiger partial charge >= 0.3 is 0 Å². The smallest absolute Gasteiger partial charge is 0.156 e. The number of aromatic nitrogens is 4. The van der Waals surface area contributed by atoms with E-state index in [0.717, 1.165) is 28.3 Å². The monoisotopic (exact) mass is 262 g/mol. The van der Waals surface area contributed by atoms with E-state index < -0.39 is 0 Å².